The Morgan fingerprint density at radius 2 is 1.12 bits per heavy atom. The van der Waals surface area contributed by atoms with Crippen molar-refractivity contribution >= 4 is 5.96 Å². The zero-order chi connectivity index (χ0) is 17.4. The van der Waals surface area contributed by atoms with Gasteiger partial charge in [-0.05, 0) is 25.0 Å². The van der Waals surface area contributed by atoms with Gasteiger partial charge in [0.2, 0.25) is 0 Å². The molecule has 0 aromatic heterocycles. The maximum Gasteiger partial charge on any atom is 0.350 e. The molecule has 2 aromatic carbocycles. The first kappa shape index (κ1) is 18.1. The van der Waals surface area contributed by atoms with Gasteiger partial charge in [0.25, 0.3) is 0 Å². The highest BCUT2D eigenvalue weighted by Gasteiger charge is 2.26. The number of rotatable bonds is 6. The molecule has 3 nitrogen and oxygen atoms in total. The van der Waals surface area contributed by atoms with Gasteiger partial charge in [0.1, 0.15) is 0 Å². The summed E-state index contributed by atoms with van der Waals surface area (Å²) >= 11 is 0. The highest BCUT2D eigenvalue weighted by atomic mass is 15.4. The Balaban J connectivity index is 2.35. The van der Waals surface area contributed by atoms with Crippen LogP contribution in [0.15, 0.2) is 60.7 Å². The third kappa shape index (κ3) is 4.85. The molecule has 0 fully saturated rings. The van der Waals surface area contributed by atoms with E-state index in [0.717, 1.165) is 26.2 Å². The lowest BCUT2D eigenvalue weighted by molar-refractivity contribution is -0.477. The lowest BCUT2D eigenvalue weighted by Gasteiger charge is -2.28. The molecule has 0 spiro atoms. The van der Waals surface area contributed by atoms with Crippen LogP contribution < -0.4 is 0 Å². The minimum atomic E-state index is 0.903. The van der Waals surface area contributed by atoms with E-state index in [0.29, 0.717) is 0 Å². The summed E-state index contributed by atoms with van der Waals surface area (Å²) in [6.45, 7) is 8.25. The van der Waals surface area contributed by atoms with E-state index < -0.39 is 0 Å². The van der Waals surface area contributed by atoms with Crippen molar-refractivity contribution in [3.63, 3.8) is 0 Å². The fourth-order valence-electron chi connectivity index (χ4n) is 3.08. The number of benzene rings is 2. The number of hydrogen-bond acceptors (Lipinski definition) is 0. The second-order valence-electron chi connectivity index (χ2n) is 6.19. The molecular formula is C21H30N3+. The fraction of sp³-hybridized carbons (Fsp3) is 0.381. The highest BCUT2D eigenvalue weighted by molar-refractivity contribution is 5.75. The number of hydrogen-bond donors (Lipinski definition) is 0. The molecule has 24 heavy (non-hydrogen) atoms. The Labute approximate surface area is 146 Å². The van der Waals surface area contributed by atoms with Crippen LogP contribution in [-0.2, 0) is 13.1 Å². The molecule has 0 heterocycles. The first-order chi connectivity index (χ1) is 11.7. The Morgan fingerprint density at radius 1 is 0.708 bits per heavy atom. The van der Waals surface area contributed by atoms with Crippen LogP contribution in [0.4, 0.5) is 0 Å². The Hall–Kier alpha value is -2.29. The van der Waals surface area contributed by atoms with E-state index in [4.69, 9.17) is 0 Å². The van der Waals surface area contributed by atoms with Crippen molar-refractivity contribution in [2.45, 2.75) is 26.9 Å². The molecule has 0 unspecified atom stereocenters. The largest absolute Gasteiger partial charge is 0.350 e. The van der Waals surface area contributed by atoms with E-state index in [1.165, 1.54) is 17.1 Å². The molecule has 128 valence electrons. The van der Waals surface area contributed by atoms with Crippen LogP contribution in [0.3, 0.4) is 0 Å². The second kappa shape index (κ2) is 9.11. The second-order valence-corrected chi connectivity index (χ2v) is 6.19. The standard InChI is InChI=1S/C21H30N3/c1-5-23(6-2)21(22(3)4)24(17-19-13-9-7-10-14-19)18-20-15-11-8-12-16-20/h7-16H,5-6,17-18H2,1-4H3/q+1. The van der Waals surface area contributed by atoms with Gasteiger partial charge in [-0.1, -0.05) is 60.7 Å². The van der Waals surface area contributed by atoms with Gasteiger partial charge >= 0.3 is 5.96 Å². The van der Waals surface area contributed by atoms with Crippen LogP contribution in [0.2, 0.25) is 0 Å². The minimum absolute atomic E-state index is 0.903. The Kier molecular flexibility index (Phi) is 6.86. The lowest BCUT2D eigenvalue weighted by Crippen LogP contribution is -2.47. The van der Waals surface area contributed by atoms with Gasteiger partial charge in [0.15, 0.2) is 0 Å². The zero-order valence-electron chi connectivity index (χ0n) is 15.4. The maximum atomic E-state index is 2.47. The average molecular weight is 324 g/mol. The van der Waals surface area contributed by atoms with Crippen molar-refractivity contribution in [2.24, 2.45) is 0 Å². The van der Waals surface area contributed by atoms with Crippen LogP contribution >= 0.6 is 0 Å². The van der Waals surface area contributed by atoms with E-state index in [-0.39, 0.29) is 0 Å². The molecule has 0 bridgehead atoms. The van der Waals surface area contributed by atoms with E-state index in [1.54, 1.807) is 0 Å². The van der Waals surface area contributed by atoms with Crippen molar-refractivity contribution in [1.29, 1.82) is 0 Å². The van der Waals surface area contributed by atoms with Gasteiger partial charge in [-0.15, -0.1) is 0 Å². The van der Waals surface area contributed by atoms with Gasteiger partial charge < -0.3 is 0 Å². The van der Waals surface area contributed by atoms with Crippen molar-refractivity contribution in [3.8, 4) is 0 Å². The third-order valence-corrected chi connectivity index (χ3v) is 4.16. The van der Waals surface area contributed by atoms with Gasteiger partial charge in [-0.25, -0.2) is 0 Å². The molecule has 0 saturated carbocycles. The summed E-state index contributed by atoms with van der Waals surface area (Å²) in [4.78, 5) is 4.89. The van der Waals surface area contributed by atoms with Gasteiger partial charge in [-0.2, -0.15) is 0 Å². The van der Waals surface area contributed by atoms with Crippen LogP contribution in [0.1, 0.15) is 25.0 Å². The lowest BCUT2D eigenvalue weighted by atomic mass is 10.1. The van der Waals surface area contributed by atoms with Gasteiger partial charge in [0, 0.05) is 0 Å². The molecule has 0 amide bonds. The maximum absolute atomic E-state index is 2.47. The predicted octanol–water partition coefficient (Wildman–Crippen LogP) is 3.66. The summed E-state index contributed by atoms with van der Waals surface area (Å²) in [6.07, 6.45) is 0. The van der Waals surface area contributed by atoms with E-state index in [2.05, 4.69) is 103 Å². The van der Waals surface area contributed by atoms with Gasteiger partial charge in [0.05, 0.1) is 40.3 Å². The molecule has 3 heteroatoms. The van der Waals surface area contributed by atoms with Gasteiger partial charge in [-0.3, -0.25) is 14.4 Å². The highest BCUT2D eigenvalue weighted by Crippen LogP contribution is 2.12. The topological polar surface area (TPSA) is 9.49 Å². The first-order valence-electron chi connectivity index (χ1n) is 8.77. The van der Waals surface area contributed by atoms with Crippen LogP contribution in [0.5, 0.6) is 0 Å². The van der Waals surface area contributed by atoms with Crippen molar-refractivity contribution < 1.29 is 4.58 Å². The summed E-state index contributed by atoms with van der Waals surface area (Å²) in [7, 11) is 4.27. The van der Waals surface area contributed by atoms with Crippen LogP contribution in [0, 0.1) is 0 Å². The normalized spacial score (nSPS) is 10.3. The van der Waals surface area contributed by atoms with E-state index >= 15 is 0 Å². The smallest absolute Gasteiger partial charge is 0.270 e. The Bertz CT molecular complexity index is 585. The van der Waals surface area contributed by atoms with Crippen LogP contribution in [-0.4, -0.2) is 47.5 Å². The third-order valence-electron chi connectivity index (χ3n) is 4.16. The summed E-state index contributed by atoms with van der Waals surface area (Å²) in [6, 6.07) is 21.4. The molecule has 2 rings (SSSR count). The fourth-order valence-corrected chi connectivity index (χ4v) is 3.08. The monoisotopic (exact) mass is 324 g/mol. The Morgan fingerprint density at radius 3 is 1.46 bits per heavy atom. The van der Waals surface area contributed by atoms with Crippen molar-refractivity contribution in [2.75, 3.05) is 27.2 Å². The van der Waals surface area contributed by atoms with Crippen molar-refractivity contribution in [3.05, 3.63) is 71.8 Å². The quantitative estimate of drug-likeness (QED) is 0.456. The molecule has 0 aliphatic heterocycles. The van der Waals surface area contributed by atoms with Crippen molar-refractivity contribution in [1.82, 2.24) is 9.80 Å². The zero-order valence-corrected chi connectivity index (χ0v) is 15.4. The number of guanidine groups is 1. The molecule has 0 aliphatic carbocycles. The molecule has 0 atom stereocenters. The van der Waals surface area contributed by atoms with E-state index in [9.17, 15) is 0 Å². The minimum Gasteiger partial charge on any atom is -0.270 e. The summed E-state index contributed by atoms with van der Waals surface area (Å²) in [5.74, 6) is 1.27. The van der Waals surface area contributed by atoms with Crippen LogP contribution in [0.25, 0.3) is 0 Å². The molecule has 0 radical (unpaired) electrons. The number of nitrogens with zero attached hydrogens (tertiary/aromatic N) is 3. The average Bonchev–Trinajstić information content (AvgIpc) is 2.60. The summed E-state index contributed by atoms with van der Waals surface area (Å²) in [5, 5.41) is 0. The molecular weight excluding hydrogens is 294 g/mol. The molecule has 0 N–H and O–H groups in total. The molecule has 0 aliphatic rings. The molecule has 0 saturated heterocycles. The summed E-state index contributed by atoms with van der Waals surface area (Å²) in [5.41, 5.74) is 2.67. The summed E-state index contributed by atoms with van der Waals surface area (Å²) < 4.78 is 2.24. The van der Waals surface area contributed by atoms with E-state index in [1.807, 2.05) is 0 Å². The molecule has 2 aromatic rings. The SMILES string of the molecule is CCN(CC)C(N(Cc1ccccc1)Cc1ccccc1)=[N+](C)C. The first-order valence-corrected chi connectivity index (χ1v) is 8.77. The predicted molar refractivity (Wildman–Crippen MR) is 102 cm³/mol.